The quantitative estimate of drug-likeness (QED) is 0.807. The van der Waals surface area contributed by atoms with E-state index in [0.717, 1.165) is 27.9 Å². The molecule has 0 spiro atoms. The fourth-order valence-corrected chi connectivity index (χ4v) is 2.58. The summed E-state index contributed by atoms with van der Waals surface area (Å²) in [4.78, 5) is 0. The average Bonchev–Trinajstić information content (AvgIpc) is 2.41. The fourth-order valence-electron chi connectivity index (χ4n) is 2.58. The first-order chi connectivity index (χ1) is 8.85. The predicted octanol–water partition coefficient (Wildman–Crippen LogP) is 3.42. The third-order valence-electron chi connectivity index (χ3n) is 4.09. The smallest absolute Gasteiger partial charge is 0.0639 e. The van der Waals surface area contributed by atoms with E-state index in [-0.39, 0.29) is 0 Å². The molecular formula is C17H22N2. The van der Waals surface area contributed by atoms with Crippen molar-refractivity contribution in [2.45, 2.75) is 33.2 Å². The van der Waals surface area contributed by atoms with E-state index in [1.54, 1.807) is 0 Å². The van der Waals surface area contributed by atoms with E-state index < -0.39 is 5.54 Å². The van der Waals surface area contributed by atoms with Crippen molar-refractivity contribution in [2.24, 2.45) is 5.73 Å². The van der Waals surface area contributed by atoms with E-state index in [4.69, 9.17) is 11.5 Å². The molecule has 1 atom stereocenters. The van der Waals surface area contributed by atoms with E-state index in [1.807, 2.05) is 25.1 Å². The van der Waals surface area contributed by atoms with E-state index in [2.05, 4.69) is 39.0 Å². The third kappa shape index (κ3) is 2.24. The summed E-state index contributed by atoms with van der Waals surface area (Å²) in [5, 5.41) is 0. The Morgan fingerprint density at radius 2 is 1.53 bits per heavy atom. The van der Waals surface area contributed by atoms with Crippen LogP contribution in [-0.2, 0) is 5.54 Å². The minimum Gasteiger partial charge on any atom is -0.398 e. The Hall–Kier alpha value is -1.80. The Morgan fingerprint density at radius 1 is 0.947 bits per heavy atom. The first-order valence-electron chi connectivity index (χ1n) is 6.57. The number of hydrogen-bond donors (Lipinski definition) is 2. The van der Waals surface area contributed by atoms with Crippen molar-refractivity contribution in [3.05, 3.63) is 64.2 Å². The van der Waals surface area contributed by atoms with Crippen LogP contribution in [0.1, 0.15) is 34.7 Å². The number of benzene rings is 2. The van der Waals surface area contributed by atoms with Gasteiger partial charge in [0, 0.05) is 5.69 Å². The lowest BCUT2D eigenvalue weighted by atomic mass is 9.81. The highest BCUT2D eigenvalue weighted by molar-refractivity contribution is 5.60. The number of hydrogen-bond acceptors (Lipinski definition) is 2. The van der Waals surface area contributed by atoms with Gasteiger partial charge in [0.15, 0.2) is 0 Å². The molecular weight excluding hydrogens is 232 g/mol. The van der Waals surface area contributed by atoms with Crippen LogP contribution in [0.5, 0.6) is 0 Å². The highest BCUT2D eigenvalue weighted by atomic mass is 14.7. The standard InChI is InChI=1S/C17H22N2/c1-11-10-15(12(2)13(3)16(11)18)17(4,19)14-8-6-5-7-9-14/h5-10H,18-19H2,1-4H3. The Bertz CT molecular complexity index is 598. The molecule has 19 heavy (non-hydrogen) atoms. The molecule has 4 N–H and O–H groups in total. The van der Waals surface area contributed by atoms with Crippen LogP contribution >= 0.6 is 0 Å². The van der Waals surface area contributed by atoms with Gasteiger partial charge in [-0.3, -0.25) is 0 Å². The predicted molar refractivity (Wildman–Crippen MR) is 82.1 cm³/mol. The van der Waals surface area contributed by atoms with Gasteiger partial charge in [-0.2, -0.15) is 0 Å². The summed E-state index contributed by atoms with van der Waals surface area (Å²) in [5.74, 6) is 0. The Kier molecular flexibility index (Phi) is 3.38. The van der Waals surface area contributed by atoms with Crippen LogP contribution in [0.25, 0.3) is 0 Å². The molecule has 0 aromatic heterocycles. The van der Waals surface area contributed by atoms with E-state index in [9.17, 15) is 0 Å². The van der Waals surface area contributed by atoms with Gasteiger partial charge in [-0.15, -0.1) is 0 Å². The Morgan fingerprint density at radius 3 is 2.11 bits per heavy atom. The summed E-state index contributed by atoms with van der Waals surface area (Å²) < 4.78 is 0. The molecule has 0 heterocycles. The number of aryl methyl sites for hydroxylation is 1. The second-order valence-electron chi connectivity index (χ2n) is 5.47. The molecule has 0 aliphatic carbocycles. The molecule has 0 saturated carbocycles. The van der Waals surface area contributed by atoms with E-state index >= 15 is 0 Å². The summed E-state index contributed by atoms with van der Waals surface area (Å²) in [5.41, 5.74) is 18.7. The molecule has 0 fully saturated rings. The minimum absolute atomic E-state index is 0.505. The van der Waals surface area contributed by atoms with Crippen molar-refractivity contribution in [1.29, 1.82) is 0 Å². The van der Waals surface area contributed by atoms with Crippen molar-refractivity contribution >= 4 is 5.69 Å². The molecule has 2 heteroatoms. The molecule has 0 amide bonds. The van der Waals surface area contributed by atoms with Crippen LogP contribution < -0.4 is 11.5 Å². The average molecular weight is 254 g/mol. The lowest BCUT2D eigenvalue weighted by molar-refractivity contribution is 0.598. The zero-order chi connectivity index (χ0) is 14.2. The molecule has 0 aliphatic rings. The van der Waals surface area contributed by atoms with Crippen molar-refractivity contribution in [1.82, 2.24) is 0 Å². The van der Waals surface area contributed by atoms with Crippen LogP contribution in [0.15, 0.2) is 36.4 Å². The molecule has 2 aromatic rings. The van der Waals surface area contributed by atoms with Crippen LogP contribution in [0.4, 0.5) is 5.69 Å². The minimum atomic E-state index is -0.505. The van der Waals surface area contributed by atoms with Crippen molar-refractivity contribution in [3.8, 4) is 0 Å². The summed E-state index contributed by atoms with van der Waals surface area (Å²) >= 11 is 0. The molecule has 0 aliphatic heterocycles. The normalized spacial score (nSPS) is 14.2. The van der Waals surface area contributed by atoms with Crippen LogP contribution in [0, 0.1) is 20.8 Å². The first-order valence-corrected chi connectivity index (χ1v) is 6.57. The molecule has 1 unspecified atom stereocenters. The van der Waals surface area contributed by atoms with Gasteiger partial charge in [0.05, 0.1) is 5.54 Å². The second-order valence-corrected chi connectivity index (χ2v) is 5.47. The summed E-state index contributed by atoms with van der Waals surface area (Å²) in [6.07, 6.45) is 0. The maximum Gasteiger partial charge on any atom is 0.0639 e. The number of rotatable bonds is 2. The van der Waals surface area contributed by atoms with Gasteiger partial charge in [0.25, 0.3) is 0 Å². The maximum atomic E-state index is 6.61. The third-order valence-corrected chi connectivity index (χ3v) is 4.09. The number of anilines is 1. The molecule has 0 saturated heterocycles. The van der Waals surface area contributed by atoms with E-state index in [1.165, 1.54) is 5.56 Å². The van der Waals surface area contributed by atoms with Crippen molar-refractivity contribution in [2.75, 3.05) is 5.73 Å². The maximum absolute atomic E-state index is 6.61. The van der Waals surface area contributed by atoms with Gasteiger partial charge < -0.3 is 11.5 Å². The van der Waals surface area contributed by atoms with Gasteiger partial charge >= 0.3 is 0 Å². The molecule has 2 nitrogen and oxygen atoms in total. The Balaban J connectivity index is 2.65. The molecule has 0 bridgehead atoms. The van der Waals surface area contributed by atoms with Crippen LogP contribution in [-0.4, -0.2) is 0 Å². The molecule has 2 rings (SSSR count). The van der Waals surface area contributed by atoms with Gasteiger partial charge in [-0.25, -0.2) is 0 Å². The lowest BCUT2D eigenvalue weighted by Crippen LogP contribution is -2.35. The number of nitrogens with two attached hydrogens (primary N) is 2. The molecule has 100 valence electrons. The molecule has 0 radical (unpaired) electrons. The summed E-state index contributed by atoms with van der Waals surface area (Å²) in [7, 11) is 0. The van der Waals surface area contributed by atoms with Gasteiger partial charge in [-0.05, 0) is 55.5 Å². The van der Waals surface area contributed by atoms with Crippen molar-refractivity contribution < 1.29 is 0 Å². The van der Waals surface area contributed by atoms with E-state index in [0.29, 0.717) is 0 Å². The zero-order valence-electron chi connectivity index (χ0n) is 12.1. The SMILES string of the molecule is Cc1cc(C(C)(N)c2ccccc2)c(C)c(C)c1N. The highest BCUT2D eigenvalue weighted by Crippen LogP contribution is 2.33. The van der Waals surface area contributed by atoms with Gasteiger partial charge in [0.1, 0.15) is 0 Å². The number of nitrogen functional groups attached to an aromatic ring is 1. The first kappa shape index (κ1) is 13.6. The highest BCUT2D eigenvalue weighted by Gasteiger charge is 2.26. The topological polar surface area (TPSA) is 52.0 Å². The summed E-state index contributed by atoms with van der Waals surface area (Å²) in [6, 6.07) is 12.3. The molecule has 2 aromatic carbocycles. The zero-order valence-corrected chi connectivity index (χ0v) is 12.1. The Labute approximate surface area is 115 Å². The second kappa shape index (κ2) is 4.71. The van der Waals surface area contributed by atoms with Crippen LogP contribution in [0.2, 0.25) is 0 Å². The van der Waals surface area contributed by atoms with Crippen molar-refractivity contribution in [3.63, 3.8) is 0 Å². The lowest BCUT2D eigenvalue weighted by Gasteiger charge is -2.29. The summed E-state index contributed by atoms with van der Waals surface area (Å²) in [6.45, 7) is 8.24. The van der Waals surface area contributed by atoms with Gasteiger partial charge in [0.2, 0.25) is 0 Å². The van der Waals surface area contributed by atoms with Crippen LogP contribution in [0.3, 0.4) is 0 Å². The fraction of sp³-hybridized carbons (Fsp3) is 0.294. The van der Waals surface area contributed by atoms with Gasteiger partial charge in [-0.1, -0.05) is 36.4 Å². The largest absolute Gasteiger partial charge is 0.398 e. The monoisotopic (exact) mass is 254 g/mol.